The van der Waals surface area contributed by atoms with Gasteiger partial charge in [-0.15, -0.1) is 0 Å². The number of hydrogen-bond acceptors (Lipinski definition) is 4. The molecule has 1 aliphatic heterocycles. The Morgan fingerprint density at radius 2 is 2.44 bits per heavy atom. The van der Waals surface area contributed by atoms with Crippen LogP contribution >= 0.6 is 0 Å². The van der Waals surface area contributed by atoms with E-state index in [-0.39, 0.29) is 5.97 Å². The molecule has 0 saturated carbocycles. The molecule has 4 heteroatoms. The summed E-state index contributed by atoms with van der Waals surface area (Å²) < 4.78 is 10.2. The minimum absolute atomic E-state index is 0.344. The molecule has 1 aromatic rings. The third kappa shape index (κ3) is 1.96. The molecule has 4 nitrogen and oxygen atoms in total. The molecule has 16 heavy (non-hydrogen) atoms. The zero-order valence-electron chi connectivity index (χ0n) is 9.45. The summed E-state index contributed by atoms with van der Waals surface area (Å²) in [6, 6.07) is 5.64. The predicted molar refractivity (Wildman–Crippen MR) is 61.0 cm³/mol. The molecule has 2 rings (SSSR count). The molecule has 0 radical (unpaired) electrons. The highest BCUT2D eigenvalue weighted by Crippen LogP contribution is 2.30. The van der Waals surface area contributed by atoms with Gasteiger partial charge in [0.1, 0.15) is 12.4 Å². The van der Waals surface area contributed by atoms with Gasteiger partial charge in [-0.25, -0.2) is 4.79 Å². The summed E-state index contributed by atoms with van der Waals surface area (Å²) in [4.78, 5) is 11.3. The van der Waals surface area contributed by atoms with Crippen molar-refractivity contribution in [3.8, 4) is 5.75 Å². The van der Waals surface area contributed by atoms with Gasteiger partial charge in [0.05, 0.1) is 24.4 Å². The Hall–Kier alpha value is -1.71. The van der Waals surface area contributed by atoms with Crippen LogP contribution in [0.1, 0.15) is 23.7 Å². The van der Waals surface area contributed by atoms with E-state index in [0.717, 1.165) is 12.1 Å². The first kappa shape index (κ1) is 10.8. The average Bonchev–Trinajstić information content (AvgIpc) is 2.36. The van der Waals surface area contributed by atoms with E-state index in [4.69, 9.17) is 4.74 Å². The molecule has 0 bridgehead atoms. The second kappa shape index (κ2) is 4.43. The summed E-state index contributed by atoms with van der Waals surface area (Å²) in [5.74, 6) is 0.372. The maximum absolute atomic E-state index is 11.3. The van der Waals surface area contributed by atoms with Crippen molar-refractivity contribution in [1.29, 1.82) is 0 Å². The second-order valence-electron chi connectivity index (χ2n) is 3.76. The third-order valence-electron chi connectivity index (χ3n) is 2.70. The Kier molecular flexibility index (Phi) is 2.99. The standard InChI is InChI=1S/C12H15NO3/c1-3-9-7-16-11-6-8(12(14)15-2)4-5-10(11)13-9/h4-6,9,13H,3,7H2,1-2H3. The molecule has 1 unspecified atom stereocenters. The fourth-order valence-corrected chi connectivity index (χ4v) is 1.68. The minimum atomic E-state index is -0.344. The number of fused-ring (bicyclic) bond motifs is 1. The molecule has 0 aliphatic carbocycles. The van der Waals surface area contributed by atoms with Crippen LogP contribution in [0.15, 0.2) is 18.2 Å². The lowest BCUT2D eigenvalue weighted by molar-refractivity contribution is 0.0600. The Morgan fingerprint density at radius 1 is 1.62 bits per heavy atom. The number of anilines is 1. The number of carbonyl (C=O) groups is 1. The molecule has 0 fully saturated rings. The van der Waals surface area contributed by atoms with Gasteiger partial charge in [-0.1, -0.05) is 6.92 Å². The van der Waals surface area contributed by atoms with Crippen LogP contribution in [0.2, 0.25) is 0 Å². The van der Waals surface area contributed by atoms with Gasteiger partial charge in [0.2, 0.25) is 0 Å². The third-order valence-corrected chi connectivity index (χ3v) is 2.70. The zero-order valence-corrected chi connectivity index (χ0v) is 9.45. The number of rotatable bonds is 2. The van der Waals surface area contributed by atoms with Crippen LogP contribution in [0.4, 0.5) is 5.69 Å². The highest BCUT2D eigenvalue weighted by atomic mass is 16.5. The molecule has 1 atom stereocenters. The number of carbonyl (C=O) groups excluding carboxylic acids is 1. The summed E-state index contributed by atoms with van der Waals surface area (Å²) in [6.45, 7) is 2.74. The summed E-state index contributed by atoms with van der Waals surface area (Å²) in [5, 5.41) is 3.35. The van der Waals surface area contributed by atoms with E-state index < -0.39 is 0 Å². The van der Waals surface area contributed by atoms with Crippen molar-refractivity contribution in [2.45, 2.75) is 19.4 Å². The van der Waals surface area contributed by atoms with E-state index >= 15 is 0 Å². The van der Waals surface area contributed by atoms with Gasteiger partial charge in [-0.3, -0.25) is 0 Å². The molecule has 0 amide bonds. The SMILES string of the molecule is CCC1COc2cc(C(=O)OC)ccc2N1. The molecule has 0 saturated heterocycles. The van der Waals surface area contributed by atoms with Gasteiger partial charge in [-0.2, -0.15) is 0 Å². The monoisotopic (exact) mass is 221 g/mol. The van der Waals surface area contributed by atoms with Crippen LogP contribution < -0.4 is 10.1 Å². The number of hydrogen-bond donors (Lipinski definition) is 1. The summed E-state index contributed by atoms with van der Waals surface area (Å²) in [6.07, 6.45) is 1.01. The number of nitrogens with one attached hydrogen (secondary N) is 1. The van der Waals surface area contributed by atoms with Crippen molar-refractivity contribution in [2.75, 3.05) is 19.0 Å². The first-order valence-corrected chi connectivity index (χ1v) is 5.36. The molecule has 1 aliphatic rings. The van der Waals surface area contributed by atoms with Crippen molar-refractivity contribution in [3.05, 3.63) is 23.8 Å². The van der Waals surface area contributed by atoms with E-state index in [9.17, 15) is 4.79 Å². The van der Waals surface area contributed by atoms with Crippen LogP contribution in [-0.2, 0) is 4.74 Å². The van der Waals surface area contributed by atoms with Crippen molar-refractivity contribution in [3.63, 3.8) is 0 Å². The van der Waals surface area contributed by atoms with Crippen molar-refractivity contribution < 1.29 is 14.3 Å². The molecule has 1 aromatic carbocycles. The summed E-state index contributed by atoms with van der Waals surface area (Å²) in [5.41, 5.74) is 1.45. The van der Waals surface area contributed by atoms with Crippen molar-refractivity contribution in [1.82, 2.24) is 0 Å². The molecule has 1 heterocycles. The molecule has 0 spiro atoms. The van der Waals surface area contributed by atoms with Gasteiger partial charge in [0.15, 0.2) is 0 Å². The average molecular weight is 221 g/mol. The van der Waals surface area contributed by atoms with Gasteiger partial charge in [0, 0.05) is 0 Å². The van der Waals surface area contributed by atoms with Gasteiger partial charge in [0.25, 0.3) is 0 Å². The maximum Gasteiger partial charge on any atom is 0.337 e. The molecule has 86 valence electrons. The number of benzene rings is 1. The topological polar surface area (TPSA) is 47.6 Å². The lowest BCUT2D eigenvalue weighted by Gasteiger charge is -2.26. The van der Waals surface area contributed by atoms with E-state index in [1.807, 2.05) is 6.07 Å². The lowest BCUT2D eigenvalue weighted by Crippen LogP contribution is -2.30. The van der Waals surface area contributed by atoms with E-state index in [2.05, 4.69) is 17.0 Å². The summed E-state index contributed by atoms with van der Waals surface area (Å²) >= 11 is 0. The number of esters is 1. The zero-order chi connectivity index (χ0) is 11.5. The van der Waals surface area contributed by atoms with Crippen LogP contribution in [0, 0.1) is 0 Å². The highest BCUT2D eigenvalue weighted by molar-refractivity contribution is 5.90. The number of methoxy groups -OCH3 is 1. The first-order valence-electron chi connectivity index (χ1n) is 5.36. The minimum Gasteiger partial charge on any atom is -0.489 e. The number of ether oxygens (including phenoxy) is 2. The van der Waals surface area contributed by atoms with Gasteiger partial charge < -0.3 is 14.8 Å². The van der Waals surface area contributed by atoms with E-state index in [0.29, 0.717) is 24.0 Å². The van der Waals surface area contributed by atoms with Crippen LogP contribution in [0.3, 0.4) is 0 Å². The normalized spacial score (nSPS) is 18.0. The Balaban J connectivity index is 2.24. The Bertz CT molecular complexity index is 403. The largest absolute Gasteiger partial charge is 0.489 e. The molecular weight excluding hydrogens is 206 g/mol. The second-order valence-corrected chi connectivity index (χ2v) is 3.76. The maximum atomic E-state index is 11.3. The quantitative estimate of drug-likeness (QED) is 0.776. The van der Waals surface area contributed by atoms with Gasteiger partial charge in [-0.05, 0) is 24.6 Å². The van der Waals surface area contributed by atoms with E-state index in [1.54, 1.807) is 12.1 Å². The van der Waals surface area contributed by atoms with Crippen molar-refractivity contribution in [2.24, 2.45) is 0 Å². The molecule has 1 N–H and O–H groups in total. The van der Waals surface area contributed by atoms with Crippen molar-refractivity contribution >= 4 is 11.7 Å². The Labute approximate surface area is 94.6 Å². The molecular formula is C12H15NO3. The van der Waals surface area contributed by atoms with Gasteiger partial charge >= 0.3 is 5.97 Å². The first-order chi connectivity index (χ1) is 7.74. The smallest absolute Gasteiger partial charge is 0.337 e. The van der Waals surface area contributed by atoms with Crippen LogP contribution in [-0.4, -0.2) is 25.7 Å². The lowest BCUT2D eigenvalue weighted by atomic mass is 10.1. The highest BCUT2D eigenvalue weighted by Gasteiger charge is 2.18. The Morgan fingerprint density at radius 3 is 3.12 bits per heavy atom. The van der Waals surface area contributed by atoms with E-state index in [1.165, 1.54) is 7.11 Å². The van der Waals surface area contributed by atoms with Crippen LogP contribution in [0.25, 0.3) is 0 Å². The fourth-order valence-electron chi connectivity index (χ4n) is 1.68. The summed E-state index contributed by atoms with van der Waals surface area (Å²) in [7, 11) is 1.37. The predicted octanol–water partition coefficient (Wildman–Crippen LogP) is 2.06. The van der Waals surface area contributed by atoms with Crippen LogP contribution in [0.5, 0.6) is 5.75 Å². The fraction of sp³-hybridized carbons (Fsp3) is 0.417. The molecule has 0 aromatic heterocycles.